The molecule has 0 saturated carbocycles. The van der Waals surface area contributed by atoms with E-state index in [1.807, 2.05) is 0 Å². The number of nitrogens with one attached hydrogen (secondary N) is 1. The lowest BCUT2D eigenvalue weighted by Crippen LogP contribution is -2.36. The van der Waals surface area contributed by atoms with Gasteiger partial charge in [0.2, 0.25) is 0 Å². The second-order valence-electron chi connectivity index (χ2n) is 4.95. The zero-order valence-corrected chi connectivity index (χ0v) is 11.4. The molecule has 3 atom stereocenters. The fourth-order valence-electron chi connectivity index (χ4n) is 2.67. The molecule has 0 fully saturated rings. The average molecular weight is 251 g/mol. The van der Waals surface area contributed by atoms with Gasteiger partial charge in [-0.2, -0.15) is 0 Å². The maximum absolute atomic E-state index is 11.2. The van der Waals surface area contributed by atoms with Crippen molar-refractivity contribution < 1.29 is 4.21 Å². The molecule has 0 aliphatic heterocycles. The summed E-state index contributed by atoms with van der Waals surface area (Å²) < 4.78 is 11.2. The highest BCUT2D eigenvalue weighted by atomic mass is 32.2. The molecule has 0 radical (unpaired) electrons. The third-order valence-corrected chi connectivity index (χ3v) is 4.31. The smallest absolute Gasteiger partial charge is 0.0383 e. The van der Waals surface area contributed by atoms with E-state index < -0.39 is 10.8 Å². The summed E-state index contributed by atoms with van der Waals surface area (Å²) in [6.07, 6.45) is 5.41. The molecule has 0 aromatic heterocycles. The Balaban J connectivity index is 2.05. The van der Waals surface area contributed by atoms with Crippen LogP contribution in [0.5, 0.6) is 0 Å². The predicted octanol–water partition coefficient (Wildman–Crippen LogP) is 2.42. The quantitative estimate of drug-likeness (QED) is 0.890. The molecule has 94 valence electrons. The van der Waals surface area contributed by atoms with Gasteiger partial charge in [-0.25, -0.2) is 0 Å². The van der Waals surface area contributed by atoms with E-state index in [1.54, 1.807) is 6.26 Å². The van der Waals surface area contributed by atoms with Crippen LogP contribution in [0.1, 0.15) is 36.9 Å². The predicted molar refractivity (Wildman–Crippen MR) is 73.7 cm³/mol. The van der Waals surface area contributed by atoms with Crippen molar-refractivity contribution in [2.45, 2.75) is 38.3 Å². The van der Waals surface area contributed by atoms with Crippen molar-refractivity contribution in [3.8, 4) is 0 Å². The van der Waals surface area contributed by atoms with Crippen molar-refractivity contribution in [1.82, 2.24) is 5.32 Å². The van der Waals surface area contributed by atoms with Crippen LogP contribution >= 0.6 is 0 Å². The minimum atomic E-state index is -0.720. The topological polar surface area (TPSA) is 29.1 Å². The van der Waals surface area contributed by atoms with Crippen LogP contribution in [-0.4, -0.2) is 22.3 Å². The molecule has 0 spiro atoms. The molecule has 2 nitrogen and oxygen atoms in total. The number of rotatable bonds is 4. The van der Waals surface area contributed by atoms with Crippen LogP contribution in [-0.2, 0) is 17.2 Å². The lowest BCUT2D eigenvalue weighted by Gasteiger charge is -2.29. The Morgan fingerprint density at radius 1 is 1.47 bits per heavy atom. The summed E-state index contributed by atoms with van der Waals surface area (Å²) in [5.74, 6) is 0.735. The number of fused-ring (bicyclic) bond motifs is 1. The minimum absolute atomic E-state index is 0.317. The van der Waals surface area contributed by atoms with Gasteiger partial charge in [0.05, 0.1) is 0 Å². The van der Waals surface area contributed by atoms with E-state index >= 15 is 0 Å². The Morgan fingerprint density at radius 2 is 2.24 bits per heavy atom. The van der Waals surface area contributed by atoms with Gasteiger partial charge >= 0.3 is 0 Å². The monoisotopic (exact) mass is 251 g/mol. The van der Waals surface area contributed by atoms with Gasteiger partial charge < -0.3 is 5.32 Å². The molecular formula is C14H21NOS. The van der Waals surface area contributed by atoms with Gasteiger partial charge in [-0.3, -0.25) is 4.21 Å². The number of hydrogen-bond donors (Lipinski definition) is 1. The molecule has 3 heteroatoms. The molecule has 0 saturated heterocycles. The van der Waals surface area contributed by atoms with E-state index in [4.69, 9.17) is 0 Å². The summed E-state index contributed by atoms with van der Waals surface area (Å²) in [4.78, 5) is 0. The molecule has 1 N–H and O–H groups in total. The van der Waals surface area contributed by atoms with Crippen LogP contribution in [0.15, 0.2) is 24.3 Å². The van der Waals surface area contributed by atoms with Gasteiger partial charge in [0.25, 0.3) is 0 Å². The summed E-state index contributed by atoms with van der Waals surface area (Å²) in [6.45, 7) is 2.12. The van der Waals surface area contributed by atoms with Crippen molar-refractivity contribution in [1.29, 1.82) is 0 Å². The molecule has 1 aliphatic rings. The van der Waals surface area contributed by atoms with Crippen LogP contribution in [0.25, 0.3) is 0 Å². The van der Waals surface area contributed by atoms with Gasteiger partial charge in [0, 0.05) is 34.9 Å². The molecule has 0 amide bonds. The number of aryl methyl sites for hydroxylation is 1. The van der Waals surface area contributed by atoms with Crippen molar-refractivity contribution in [2.24, 2.45) is 0 Å². The van der Waals surface area contributed by atoms with Gasteiger partial charge in [0.15, 0.2) is 0 Å². The molecule has 2 rings (SSSR count). The second-order valence-corrected chi connectivity index (χ2v) is 6.43. The van der Waals surface area contributed by atoms with Crippen LogP contribution in [0, 0.1) is 0 Å². The lowest BCUT2D eigenvalue weighted by atomic mass is 9.87. The van der Waals surface area contributed by atoms with E-state index in [-0.39, 0.29) is 0 Å². The highest BCUT2D eigenvalue weighted by molar-refractivity contribution is 7.84. The van der Waals surface area contributed by atoms with E-state index in [9.17, 15) is 4.21 Å². The van der Waals surface area contributed by atoms with Gasteiger partial charge in [-0.15, -0.1) is 0 Å². The third-order valence-electron chi connectivity index (χ3n) is 3.34. The van der Waals surface area contributed by atoms with Gasteiger partial charge in [-0.1, -0.05) is 24.3 Å². The van der Waals surface area contributed by atoms with Crippen molar-refractivity contribution in [3.63, 3.8) is 0 Å². The van der Waals surface area contributed by atoms with Crippen molar-refractivity contribution in [2.75, 3.05) is 12.0 Å². The first kappa shape index (κ1) is 12.8. The summed E-state index contributed by atoms with van der Waals surface area (Å²) in [6, 6.07) is 9.44. The first-order valence-corrected chi connectivity index (χ1v) is 8.03. The maximum atomic E-state index is 11.2. The number of hydrogen-bond acceptors (Lipinski definition) is 2. The normalized spacial score (nSPS) is 22.8. The van der Waals surface area contributed by atoms with E-state index in [1.165, 1.54) is 30.4 Å². The summed E-state index contributed by atoms with van der Waals surface area (Å²) in [5, 5.41) is 3.61. The summed E-state index contributed by atoms with van der Waals surface area (Å²) in [5.41, 5.74) is 2.91. The fourth-order valence-corrected chi connectivity index (χ4v) is 3.47. The molecule has 0 bridgehead atoms. The largest absolute Gasteiger partial charge is 0.307 e. The standard InChI is InChI=1S/C14H21NOS/c1-11(10-17(2)16)15-14-9-5-7-12-6-3-4-8-13(12)14/h3-4,6,8,11,14-15H,5,7,9-10H2,1-2H3. The van der Waals surface area contributed by atoms with E-state index in [2.05, 4.69) is 36.5 Å². The highest BCUT2D eigenvalue weighted by Crippen LogP contribution is 2.29. The van der Waals surface area contributed by atoms with Gasteiger partial charge in [0.1, 0.15) is 0 Å². The Morgan fingerprint density at radius 3 is 3.00 bits per heavy atom. The molecule has 0 heterocycles. The SMILES string of the molecule is CC(CS(C)=O)NC1CCCc2ccccc21. The van der Waals surface area contributed by atoms with Crippen molar-refractivity contribution >= 4 is 10.8 Å². The molecule has 1 aliphatic carbocycles. The molecule has 1 aromatic carbocycles. The first-order valence-electron chi connectivity index (χ1n) is 6.30. The molecule has 3 unspecified atom stereocenters. The maximum Gasteiger partial charge on any atom is 0.0383 e. The molecule has 1 aromatic rings. The molecule has 17 heavy (non-hydrogen) atoms. The van der Waals surface area contributed by atoms with Crippen LogP contribution in [0.2, 0.25) is 0 Å². The third kappa shape index (κ3) is 3.39. The van der Waals surface area contributed by atoms with Gasteiger partial charge in [-0.05, 0) is 37.3 Å². The zero-order chi connectivity index (χ0) is 12.3. The highest BCUT2D eigenvalue weighted by Gasteiger charge is 2.21. The summed E-state index contributed by atoms with van der Waals surface area (Å²) in [7, 11) is -0.720. The van der Waals surface area contributed by atoms with Crippen LogP contribution < -0.4 is 5.32 Å². The van der Waals surface area contributed by atoms with E-state index in [0.717, 1.165) is 5.75 Å². The zero-order valence-electron chi connectivity index (χ0n) is 10.6. The Labute approximate surface area is 106 Å². The number of benzene rings is 1. The molecular weight excluding hydrogens is 230 g/mol. The van der Waals surface area contributed by atoms with E-state index in [0.29, 0.717) is 12.1 Å². The lowest BCUT2D eigenvalue weighted by molar-refractivity contribution is 0.425. The average Bonchev–Trinajstić information content (AvgIpc) is 2.28. The fraction of sp³-hybridized carbons (Fsp3) is 0.571. The Hall–Kier alpha value is -0.670. The Bertz CT molecular complexity index is 405. The minimum Gasteiger partial charge on any atom is -0.307 e. The Kier molecular flexibility index (Phi) is 4.35. The van der Waals surface area contributed by atoms with Crippen molar-refractivity contribution in [3.05, 3.63) is 35.4 Å². The first-order chi connectivity index (χ1) is 8.16. The van der Waals surface area contributed by atoms with Crippen LogP contribution in [0.4, 0.5) is 0 Å². The second kappa shape index (κ2) is 5.78. The summed E-state index contributed by atoms with van der Waals surface area (Å²) >= 11 is 0. The van der Waals surface area contributed by atoms with Crippen LogP contribution in [0.3, 0.4) is 0 Å².